The van der Waals surface area contributed by atoms with Gasteiger partial charge in [-0.25, -0.2) is 10.0 Å². The van der Waals surface area contributed by atoms with Crippen molar-refractivity contribution < 1.29 is 14.3 Å². The standard InChI is InChI=1S/C21H23N5O3/c1-15-21(28)26(16-7-3-2-4-8-16)24-19(22-15)20(27)23-17-9-5-6-10-18(17)25-11-13-29-14-12-25/h2-10,15H,11-14H2,1H3,(H,22,24)(H,23,27). The monoisotopic (exact) mass is 393 g/mol. The molecule has 2 aromatic rings. The topological polar surface area (TPSA) is 86.3 Å². The lowest BCUT2D eigenvalue weighted by Crippen LogP contribution is -2.57. The molecule has 2 aliphatic rings. The number of rotatable bonds is 4. The van der Waals surface area contributed by atoms with E-state index in [-0.39, 0.29) is 11.7 Å². The normalized spacial score (nSPS) is 19.4. The van der Waals surface area contributed by atoms with E-state index in [1.807, 2.05) is 42.5 Å². The van der Waals surface area contributed by atoms with Gasteiger partial charge < -0.3 is 15.0 Å². The van der Waals surface area contributed by atoms with Crippen molar-refractivity contribution in [2.75, 3.05) is 41.5 Å². The van der Waals surface area contributed by atoms with Crippen LogP contribution in [0.3, 0.4) is 0 Å². The summed E-state index contributed by atoms with van der Waals surface area (Å²) < 4.78 is 5.42. The zero-order valence-corrected chi connectivity index (χ0v) is 16.2. The van der Waals surface area contributed by atoms with Gasteiger partial charge in [0, 0.05) is 13.1 Å². The van der Waals surface area contributed by atoms with Crippen LogP contribution in [0.5, 0.6) is 0 Å². The van der Waals surface area contributed by atoms with Crippen LogP contribution in [0, 0.1) is 0 Å². The molecule has 0 saturated carbocycles. The van der Waals surface area contributed by atoms with E-state index in [4.69, 9.17) is 4.74 Å². The second-order valence-electron chi connectivity index (χ2n) is 6.85. The van der Waals surface area contributed by atoms with Crippen molar-refractivity contribution in [3.05, 3.63) is 54.6 Å². The molecule has 2 aliphatic heterocycles. The minimum Gasteiger partial charge on any atom is -0.378 e. The zero-order valence-electron chi connectivity index (χ0n) is 16.2. The van der Waals surface area contributed by atoms with Gasteiger partial charge in [0.15, 0.2) is 0 Å². The van der Waals surface area contributed by atoms with E-state index >= 15 is 0 Å². The molecule has 2 amide bonds. The number of carbonyl (C=O) groups excluding carboxylic acids is 2. The summed E-state index contributed by atoms with van der Waals surface area (Å²) in [6, 6.07) is 16.1. The van der Waals surface area contributed by atoms with Crippen molar-refractivity contribution in [2.24, 2.45) is 4.99 Å². The fourth-order valence-electron chi connectivity index (χ4n) is 3.34. The average molecular weight is 393 g/mol. The van der Waals surface area contributed by atoms with E-state index in [0.29, 0.717) is 24.6 Å². The Morgan fingerprint density at radius 2 is 1.79 bits per heavy atom. The quantitative estimate of drug-likeness (QED) is 0.827. The number of amidine groups is 1. The maximum atomic E-state index is 12.9. The number of amides is 2. The predicted molar refractivity (Wildman–Crippen MR) is 112 cm³/mol. The van der Waals surface area contributed by atoms with Crippen molar-refractivity contribution in [2.45, 2.75) is 13.0 Å². The Morgan fingerprint density at radius 3 is 2.55 bits per heavy atom. The first-order chi connectivity index (χ1) is 14.1. The first-order valence-corrected chi connectivity index (χ1v) is 9.60. The van der Waals surface area contributed by atoms with Crippen LogP contribution in [-0.2, 0) is 14.3 Å². The summed E-state index contributed by atoms with van der Waals surface area (Å²) in [4.78, 5) is 31.9. The number of nitrogens with zero attached hydrogens (tertiary/aromatic N) is 3. The second kappa shape index (κ2) is 8.32. The number of benzene rings is 2. The molecule has 2 N–H and O–H groups in total. The number of carbonyl (C=O) groups is 2. The third kappa shape index (κ3) is 4.07. The lowest BCUT2D eigenvalue weighted by molar-refractivity contribution is -0.120. The summed E-state index contributed by atoms with van der Waals surface area (Å²) in [5.74, 6) is -0.523. The summed E-state index contributed by atoms with van der Waals surface area (Å²) in [7, 11) is 0. The molecule has 8 heteroatoms. The van der Waals surface area contributed by atoms with Crippen LogP contribution in [0.4, 0.5) is 17.1 Å². The van der Waals surface area contributed by atoms with Crippen LogP contribution < -0.4 is 20.7 Å². The summed E-state index contributed by atoms with van der Waals surface area (Å²) in [5, 5.41) is 4.29. The van der Waals surface area contributed by atoms with Gasteiger partial charge in [-0.2, -0.15) is 0 Å². The molecule has 1 atom stereocenters. The smallest absolute Gasteiger partial charge is 0.292 e. The molecule has 29 heavy (non-hydrogen) atoms. The Morgan fingerprint density at radius 1 is 1.10 bits per heavy atom. The first-order valence-electron chi connectivity index (χ1n) is 9.60. The van der Waals surface area contributed by atoms with E-state index in [2.05, 4.69) is 20.6 Å². The molecule has 0 aliphatic carbocycles. The molecule has 1 unspecified atom stereocenters. The van der Waals surface area contributed by atoms with Gasteiger partial charge >= 0.3 is 0 Å². The highest BCUT2D eigenvalue weighted by molar-refractivity contribution is 6.43. The summed E-state index contributed by atoms with van der Waals surface area (Å²) in [6.45, 7) is 4.51. The van der Waals surface area contributed by atoms with Gasteiger partial charge in [-0.3, -0.25) is 15.0 Å². The van der Waals surface area contributed by atoms with E-state index in [1.54, 1.807) is 19.1 Å². The Kier molecular flexibility index (Phi) is 5.44. The van der Waals surface area contributed by atoms with Gasteiger partial charge in [-0.1, -0.05) is 30.3 Å². The Hall–Kier alpha value is -3.39. The predicted octanol–water partition coefficient (Wildman–Crippen LogP) is 1.80. The van der Waals surface area contributed by atoms with Crippen LogP contribution in [0.15, 0.2) is 59.6 Å². The molecule has 2 aromatic carbocycles. The summed E-state index contributed by atoms with van der Waals surface area (Å²) in [5.41, 5.74) is 5.14. The number of hydrogen-bond donors (Lipinski definition) is 2. The van der Waals surface area contributed by atoms with Crippen molar-refractivity contribution in [1.29, 1.82) is 0 Å². The van der Waals surface area contributed by atoms with E-state index in [1.165, 1.54) is 5.01 Å². The SMILES string of the molecule is CC1N=C(C(=O)Nc2ccccc2N2CCOCC2)NN(c2ccccc2)C1=O. The molecule has 2 heterocycles. The molecule has 1 fully saturated rings. The number of hydrazine groups is 1. The molecular weight excluding hydrogens is 370 g/mol. The number of para-hydroxylation sites is 3. The lowest BCUT2D eigenvalue weighted by atomic mass is 10.2. The molecule has 0 radical (unpaired) electrons. The van der Waals surface area contributed by atoms with Crippen LogP contribution in [0.1, 0.15) is 6.92 Å². The van der Waals surface area contributed by atoms with Gasteiger partial charge in [-0.05, 0) is 31.2 Å². The highest BCUT2D eigenvalue weighted by atomic mass is 16.5. The van der Waals surface area contributed by atoms with Crippen molar-refractivity contribution in [3.8, 4) is 0 Å². The number of hydrogen-bond acceptors (Lipinski definition) is 6. The van der Waals surface area contributed by atoms with Crippen molar-refractivity contribution >= 4 is 34.7 Å². The zero-order chi connectivity index (χ0) is 20.2. The van der Waals surface area contributed by atoms with Crippen molar-refractivity contribution in [3.63, 3.8) is 0 Å². The van der Waals surface area contributed by atoms with Gasteiger partial charge in [0.2, 0.25) is 5.84 Å². The molecule has 0 bridgehead atoms. The van der Waals surface area contributed by atoms with E-state index < -0.39 is 11.9 Å². The van der Waals surface area contributed by atoms with Gasteiger partial charge in [0.25, 0.3) is 11.8 Å². The minimum absolute atomic E-state index is 0.0951. The van der Waals surface area contributed by atoms with Crippen LogP contribution in [-0.4, -0.2) is 50.0 Å². The number of aliphatic imine (C=N–C) groups is 1. The maximum absolute atomic E-state index is 12.9. The number of anilines is 3. The van der Waals surface area contributed by atoms with Crippen LogP contribution in [0.25, 0.3) is 0 Å². The molecule has 8 nitrogen and oxygen atoms in total. The third-order valence-electron chi connectivity index (χ3n) is 4.85. The van der Waals surface area contributed by atoms with E-state index in [0.717, 1.165) is 18.8 Å². The molecule has 1 saturated heterocycles. The molecule has 4 rings (SSSR count). The molecular formula is C21H23N5O3. The maximum Gasteiger partial charge on any atom is 0.292 e. The first kappa shape index (κ1) is 18.9. The minimum atomic E-state index is -0.660. The number of ether oxygens (including phenoxy) is 1. The summed E-state index contributed by atoms with van der Waals surface area (Å²) in [6.07, 6.45) is 0. The molecule has 0 spiro atoms. The number of nitrogens with one attached hydrogen (secondary N) is 2. The average Bonchev–Trinajstić information content (AvgIpc) is 2.77. The van der Waals surface area contributed by atoms with Gasteiger partial charge in [0.1, 0.15) is 6.04 Å². The Bertz CT molecular complexity index is 925. The largest absolute Gasteiger partial charge is 0.378 e. The number of morpholine rings is 1. The third-order valence-corrected chi connectivity index (χ3v) is 4.85. The van der Waals surface area contributed by atoms with E-state index in [9.17, 15) is 9.59 Å². The lowest BCUT2D eigenvalue weighted by Gasteiger charge is -2.32. The van der Waals surface area contributed by atoms with Crippen LogP contribution >= 0.6 is 0 Å². The van der Waals surface area contributed by atoms with Gasteiger partial charge in [-0.15, -0.1) is 0 Å². The van der Waals surface area contributed by atoms with Crippen molar-refractivity contribution in [1.82, 2.24) is 5.43 Å². The molecule has 0 aromatic heterocycles. The highest BCUT2D eigenvalue weighted by Crippen LogP contribution is 2.26. The second-order valence-corrected chi connectivity index (χ2v) is 6.85. The van der Waals surface area contributed by atoms with Crippen LogP contribution in [0.2, 0.25) is 0 Å². The fourth-order valence-corrected chi connectivity index (χ4v) is 3.34. The highest BCUT2D eigenvalue weighted by Gasteiger charge is 2.31. The summed E-state index contributed by atoms with van der Waals surface area (Å²) >= 11 is 0. The molecule has 150 valence electrons. The Balaban J connectivity index is 1.54. The Labute approximate surface area is 169 Å². The van der Waals surface area contributed by atoms with Gasteiger partial charge in [0.05, 0.1) is 30.3 Å². The fraction of sp³-hybridized carbons (Fsp3) is 0.286.